The van der Waals surface area contributed by atoms with Crippen LogP contribution in [0.4, 0.5) is 0 Å². The molecule has 2 amide bonds. The van der Waals surface area contributed by atoms with E-state index < -0.39 is 6.04 Å². The molecule has 0 aliphatic carbocycles. The molecule has 1 atom stereocenters. The van der Waals surface area contributed by atoms with Gasteiger partial charge in [-0.3, -0.25) is 9.59 Å². The van der Waals surface area contributed by atoms with Gasteiger partial charge in [0, 0.05) is 11.0 Å². The Bertz CT molecular complexity index is 421. The first-order valence-corrected chi connectivity index (χ1v) is 6.18. The first-order chi connectivity index (χ1) is 8.06. The highest BCUT2D eigenvalue weighted by Crippen LogP contribution is 2.15. The minimum atomic E-state index is -0.547. The number of rotatable bonds is 4. The molecule has 0 bridgehead atoms. The molecule has 5 heteroatoms. The number of hydrogen-bond donors (Lipinski definition) is 2. The van der Waals surface area contributed by atoms with E-state index in [2.05, 4.69) is 26.6 Å². The average Bonchev–Trinajstić information content (AvgIpc) is 2.29. The summed E-state index contributed by atoms with van der Waals surface area (Å²) in [5.74, 6) is -0.455. The number of benzene rings is 1. The van der Waals surface area contributed by atoms with E-state index in [0.29, 0.717) is 16.6 Å². The first-order valence-electron chi connectivity index (χ1n) is 5.39. The summed E-state index contributed by atoms with van der Waals surface area (Å²) in [6, 6.07) is 6.54. The van der Waals surface area contributed by atoms with Gasteiger partial charge in [0.05, 0.1) is 5.56 Å². The maximum atomic E-state index is 11.9. The van der Waals surface area contributed by atoms with Gasteiger partial charge < -0.3 is 10.6 Å². The molecule has 0 aliphatic rings. The fraction of sp³-hybridized carbons (Fsp3) is 0.333. The number of carbonyl (C=O) groups is 2. The Hall–Kier alpha value is -1.36. The Morgan fingerprint density at radius 2 is 2.00 bits per heavy atom. The van der Waals surface area contributed by atoms with Gasteiger partial charge in [0.1, 0.15) is 6.04 Å². The third kappa shape index (κ3) is 3.85. The standard InChI is InChI=1S/C12H15BrN2O2/c1-3-14-11(16)8(2)15-12(17)9-6-4-5-7-10(9)13/h4-8H,3H2,1-2H3,(H,14,16)(H,15,17). The molecule has 0 saturated heterocycles. The molecule has 17 heavy (non-hydrogen) atoms. The number of amides is 2. The summed E-state index contributed by atoms with van der Waals surface area (Å²) in [6.07, 6.45) is 0. The van der Waals surface area contributed by atoms with Crippen molar-refractivity contribution in [1.82, 2.24) is 10.6 Å². The van der Waals surface area contributed by atoms with Gasteiger partial charge in [-0.05, 0) is 41.9 Å². The number of hydrogen-bond acceptors (Lipinski definition) is 2. The van der Waals surface area contributed by atoms with Crippen LogP contribution in [0.25, 0.3) is 0 Å². The van der Waals surface area contributed by atoms with Gasteiger partial charge in [-0.2, -0.15) is 0 Å². The molecule has 0 radical (unpaired) electrons. The fourth-order valence-electron chi connectivity index (χ4n) is 1.31. The second-order valence-corrected chi connectivity index (χ2v) is 4.42. The zero-order valence-electron chi connectivity index (χ0n) is 9.79. The normalized spacial score (nSPS) is 11.7. The van der Waals surface area contributed by atoms with Crippen molar-refractivity contribution in [2.75, 3.05) is 6.54 Å². The fourth-order valence-corrected chi connectivity index (χ4v) is 1.78. The lowest BCUT2D eigenvalue weighted by Gasteiger charge is -2.13. The van der Waals surface area contributed by atoms with Crippen molar-refractivity contribution in [1.29, 1.82) is 0 Å². The molecule has 0 spiro atoms. The summed E-state index contributed by atoms with van der Waals surface area (Å²) in [7, 11) is 0. The predicted molar refractivity (Wildman–Crippen MR) is 69.8 cm³/mol. The van der Waals surface area contributed by atoms with Crippen molar-refractivity contribution in [3.05, 3.63) is 34.3 Å². The van der Waals surface area contributed by atoms with Gasteiger partial charge in [-0.25, -0.2) is 0 Å². The maximum Gasteiger partial charge on any atom is 0.253 e. The molecule has 1 rings (SSSR count). The van der Waals surface area contributed by atoms with E-state index in [9.17, 15) is 9.59 Å². The molecule has 0 aliphatic heterocycles. The molecule has 1 aromatic carbocycles. The molecule has 2 N–H and O–H groups in total. The van der Waals surface area contributed by atoms with E-state index in [4.69, 9.17) is 0 Å². The lowest BCUT2D eigenvalue weighted by Crippen LogP contribution is -2.44. The summed E-state index contributed by atoms with van der Waals surface area (Å²) in [5, 5.41) is 5.29. The highest BCUT2D eigenvalue weighted by Gasteiger charge is 2.16. The van der Waals surface area contributed by atoms with Crippen LogP contribution in [0.2, 0.25) is 0 Å². The second kappa shape index (κ2) is 6.39. The van der Waals surface area contributed by atoms with Crippen LogP contribution in [-0.4, -0.2) is 24.4 Å². The smallest absolute Gasteiger partial charge is 0.253 e. The summed E-state index contributed by atoms with van der Waals surface area (Å²) in [5.41, 5.74) is 0.517. The summed E-state index contributed by atoms with van der Waals surface area (Å²) in [6.45, 7) is 4.04. The first kappa shape index (κ1) is 13.7. The lowest BCUT2D eigenvalue weighted by atomic mass is 10.2. The lowest BCUT2D eigenvalue weighted by molar-refractivity contribution is -0.122. The number of halogens is 1. The molecular weight excluding hydrogens is 284 g/mol. The van der Waals surface area contributed by atoms with Crippen LogP contribution in [0.1, 0.15) is 24.2 Å². The van der Waals surface area contributed by atoms with Crippen LogP contribution in [-0.2, 0) is 4.79 Å². The highest BCUT2D eigenvalue weighted by molar-refractivity contribution is 9.10. The van der Waals surface area contributed by atoms with E-state index in [1.54, 1.807) is 25.1 Å². The molecule has 92 valence electrons. The van der Waals surface area contributed by atoms with Crippen molar-refractivity contribution >= 4 is 27.7 Å². The molecule has 1 aromatic rings. The highest BCUT2D eigenvalue weighted by atomic mass is 79.9. The molecule has 0 saturated carbocycles. The van der Waals surface area contributed by atoms with Crippen LogP contribution in [0.3, 0.4) is 0 Å². The van der Waals surface area contributed by atoms with Gasteiger partial charge in [-0.15, -0.1) is 0 Å². The van der Waals surface area contributed by atoms with Crippen LogP contribution in [0, 0.1) is 0 Å². The second-order valence-electron chi connectivity index (χ2n) is 3.57. The molecular formula is C12H15BrN2O2. The van der Waals surface area contributed by atoms with Gasteiger partial charge in [0.15, 0.2) is 0 Å². The largest absolute Gasteiger partial charge is 0.355 e. The van der Waals surface area contributed by atoms with E-state index in [1.165, 1.54) is 0 Å². The number of likely N-dealkylation sites (N-methyl/N-ethyl adjacent to an activating group) is 1. The zero-order valence-corrected chi connectivity index (χ0v) is 11.4. The molecule has 4 nitrogen and oxygen atoms in total. The van der Waals surface area contributed by atoms with Gasteiger partial charge >= 0.3 is 0 Å². The monoisotopic (exact) mass is 298 g/mol. The number of nitrogens with one attached hydrogen (secondary N) is 2. The Kier molecular flexibility index (Phi) is 5.15. The quantitative estimate of drug-likeness (QED) is 0.889. The minimum Gasteiger partial charge on any atom is -0.355 e. The van der Waals surface area contributed by atoms with Crippen LogP contribution < -0.4 is 10.6 Å². The van der Waals surface area contributed by atoms with E-state index in [-0.39, 0.29) is 11.8 Å². The van der Waals surface area contributed by atoms with Crippen molar-refractivity contribution in [3.8, 4) is 0 Å². The Labute approximate surface area is 109 Å². The van der Waals surface area contributed by atoms with Crippen molar-refractivity contribution < 1.29 is 9.59 Å². The van der Waals surface area contributed by atoms with E-state index in [0.717, 1.165) is 0 Å². The molecule has 1 unspecified atom stereocenters. The van der Waals surface area contributed by atoms with Gasteiger partial charge in [0.2, 0.25) is 5.91 Å². The van der Waals surface area contributed by atoms with E-state index in [1.807, 2.05) is 13.0 Å². The third-order valence-corrected chi connectivity index (χ3v) is 2.90. The third-order valence-electron chi connectivity index (χ3n) is 2.21. The van der Waals surface area contributed by atoms with Crippen LogP contribution >= 0.6 is 15.9 Å². The van der Waals surface area contributed by atoms with Crippen LogP contribution in [0.5, 0.6) is 0 Å². The topological polar surface area (TPSA) is 58.2 Å². The summed E-state index contributed by atoms with van der Waals surface area (Å²) < 4.78 is 0.709. The number of carbonyl (C=O) groups excluding carboxylic acids is 2. The molecule has 0 heterocycles. The summed E-state index contributed by atoms with van der Waals surface area (Å²) in [4.78, 5) is 23.3. The van der Waals surface area contributed by atoms with Gasteiger partial charge in [-0.1, -0.05) is 12.1 Å². The van der Waals surface area contributed by atoms with Crippen molar-refractivity contribution in [2.24, 2.45) is 0 Å². The van der Waals surface area contributed by atoms with Crippen molar-refractivity contribution in [2.45, 2.75) is 19.9 Å². The van der Waals surface area contributed by atoms with Crippen LogP contribution in [0.15, 0.2) is 28.7 Å². The Morgan fingerprint density at radius 1 is 1.35 bits per heavy atom. The maximum absolute atomic E-state index is 11.9. The average molecular weight is 299 g/mol. The van der Waals surface area contributed by atoms with Crippen molar-refractivity contribution in [3.63, 3.8) is 0 Å². The zero-order chi connectivity index (χ0) is 12.8. The Balaban J connectivity index is 2.67. The summed E-state index contributed by atoms with van der Waals surface area (Å²) >= 11 is 3.29. The van der Waals surface area contributed by atoms with E-state index >= 15 is 0 Å². The molecule has 0 aromatic heterocycles. The Morgan fingerprint density at radius 3 is 2.59 bits per heavy atom. The minimum absolute atomic E-state index is 0.187. The predicted octanol–water partition coefficient (Wildman–Crippen LogP) is 1.70. The van der Waals surface area contributed by atoms with Gasteiger partial charge in [0.25, 0.3) is 5.91 Å². The SMILES string of the molecule is CCNC(=O)C(C)NC(=O)c1ccccc1Br. The molecule has 0 fully saturated rings.